The number of halogens is 1. The molecule has 4 nitrogen and oxygen atoms in total. The first kappa shape index (κ1) is 10.4. The maximum absolute atomic E-state index is 11.5. The molecule has 1 aromatic rings. The van der Waals surface area contributed by atoms with Crippen LogP contribution in [0.25, 0.3) is 0 Å². The summed E-state index contributed by atoms with van der Waals surface area (Å²) in [6.45, 7) is 2.58. The third-order valence-corrected chi connectivity index (χ3v) is 2.79. The summed E-state index contributed by atoms with van der Waals surface area (Å²) in [7, 11) is 0. The van der Waals surface area contributed by atoms with Crippen molar-refractivity contribution in [3.8, 4) is 0 Å². The zero-order chi connectivity index (χ0) is 10.8. The Bertz CT molecular complexity index is 366. The number of ether oxygens (including phenoxy) is 1. The molecule has 80 valence electrons. The Morgan fingerprint density at radius 2 is 2.47 bits per heavy atom. The van der Waals surface area contributed by atoms with Gasteiger partial charge >= 0.3 is 6.09 Å². The highest BCUT2D eigenvalue weighted by atomic mass is 79.9. The van der Waals surface area contributed by atoms with Crippen LogP contribution in [0.5, 0.6) is 0 Å². The summed E-state index contributed by atoms with van der Waals surface area (Å²) in [5, 5.41) is 0. The minimum Gasteiger partial charge on any atom is -0.444 e. The summed E-state index contributed by atoms with van der Waals surface area (Å²) in [5.74, 6) is 0.638. The second-order valence-corrected chi connectivity index (χ2v) is 4.27. The van der Waals surface area contributed by atoms with Gasteiger partial charge in [0.25, 0.3) is 0 Å². The van der Waals surface area contributed by atoms with Crippen LogP contribution in [0.3, 0.4) is 0 Å². The Morgan fingerprint density at radius 1 is 1.67 bits per heavy atom. The predicted octanol–water partition coefficient (Wildman–Crippen LogP) is 2.58. The topological polar surface area (TPSA) is 42.4 Å². The zero-order valence-electron chi connectivity index (χ0n) is 8.31. The van der Waals surface area contributed by atoms with Gasteiger partial charge in [0.15, 0.2) is 0 Å². The van der Waals surface area contributed by atoms with Crippen molar-refractivity contribution < 1.29 is 9.53 Å². The molecular formula is C10H11BrN2O2. The number of anilines is 1. The van der Waals surface area contributed by atoms with Gasteiger partial charge in [-0.15, -0.1) is 0 Å². The predicted molar refractivity (Wildman–Crippen MR) is 59.8 cm³/mol. The summed E-state index contributed by atoms with van der Waals surface area (Å²) in [6, 6.07) is 3.65. The van der Waals surface area contributed by atoms with Gasteiger partial charge in [-0.25, -0.2) is 9.78 Å². The van der Waals surface area contributed by atoms with Crippen molar-refractivity contribution in [3.63, 3.8) is 0 Å². The lowest BCUT2D eigenvalue weighted by molar-refractivity contribution is 0.139. The Morgan fingerprint density at radius 3 is 3.00 bits per heavy atom. The van der Waals surface area contributed by atoms with Gasteiger partial charge in [-0.05, 0) is 34.5 Å². The average Bonchev–Trinajstić information content (AvgIpc) is 2.61. The second-order valence-electron chi connectivity index (χ2n) is 3.36. The van der Waals surface area contributed by atoms with Crippen molar-refractivity contribution in [2.45, 2.75) is 19.4 Å². The minimum absolute atomic E-state index is 0.0112. The minimum atomic E-state index is -0.309. The van der Waals surface area contributed by atoms with E-state index in [4.69, 9.17) is 4.74 Å². The third-order valence-electron chi connectivity index (χ3n) is 2.32. The molecule has 2 heterocycles. The molecule has 2 rings (SSSR count). The van der Waals surface area contributed by atoms with E-state index in [9.17, 15) is 4.79 Å². The molecule has 0 aromatic carbocycles. The number of nitrogens with zero attached hydrogens (tertiary/aromatic N) is 2. The fourth-order valence-electron chi connectivity index (χ4n) is 1.45. The van der Waals surface area contributed by atoms with E-state index in [1.807, 2.05) is 13.0 Å². The van der Waals surface area contributed by atoms with E-state index in [1.54, 1.807) is 17.2 Å². The van der Waals surface area contributed by atoms with E-state index in [0.29, 0.717) is 12.4 Å². The van der Waals surface area contributed by atoms with E-state index < -0.39 is 0 Å². The lowest BCUT2D eigenvalue weighted by Gasteiger charge is -2.10. The van der Waals surface area contributed by atoms with E-state index >= 15 is 0 Å². The molecule has 0 saturated carbocycles. The molecule has 0 spiro atoms. The first-order valence-corrected chi connectivity index (χ1v) is 5.59. The summed E-state index contributed by atoms with van der Waals surface area (Å²) in [4.78, 5) is 17.2. The summed E-state index contributed by atoms with van der Waals surface area (Å²) in [5.41, 5.74) is 0. The van der Waals surface area contributed by atoms with Crippen LogP contribution in [-0.4, -0.2) is 23.7 Å². The van der Waals surface area contributed by atoms with E-state index in [2.05, 4.69) is 20.9 Å². The van der Waals surface area contributed by atoms with Crippen molar-refractivity contribution in [3.05, 3.63) is 22.8 Å². The highest BCUT2D eigenvalue weighted by Crippen LogP contribution is 2.21. The lowest BCUT2D eigenvalue weighted by Crippen LogP contribution is -2.25. The van der Waals surface area contributed by atoms with Gasteiger partial charge in [0, 0.05) is 10.7 Å². The quantitative estimate of drug-likeness (QED) is 0.830. The lowest BCUT2D eigenvalue weighted by atomic mass is 10.3. The monoisotopic (exact) mass is 270 g/mol. The molecular weight excluding hydrogens is 260 g/mol. The number of amides is 1. The van der Waals surface area contributed by atoms with Crippen molar-refractivity contribution in [1.82, 2.24) is 4.98 Å². The van der Waals surface area contributed by atoms with Crippen molar-refractivity contribution >= 4 is 27.8 Å². The van der Waals surface area contributed by atoms with Crippen LogP contribution >= 0.6 is 15.9 Å². The van der Waals surface area contributed by atoms with Crippen molar-refractivity contribution in [2.75, 3.05) is 11.4 Å². The maximum atomic E-state index is 11.5. The zero-order valence-corrected chi connectivity index (χ0v) is 9.90. The normalized spacial score (nSPS) is 20.5. The number of cyclic esters (lactones) is 1. The Balaban J connectivity index is 2.18. The fourth-order valence-corrected chi connectivity index (χ4v) is 1.68. The van der Waals surface area contributed by atoms with Crippen LogP contribution in [0.4, 0.5) is 10.6 Å². The summed E-state index contributed by atoms with van der Waals surface area (Å²) < 4.78 is 6.04. The number of carbonyl (C=O) groups excluding carboxylic acids is 1. The molecule has 0 unspecified atom stereocenters. The van der Waals surface area contributed by atoms with Crippen LogP contribution < -0.4 is 4.90 Å². The maximum Gasteiger partial charge on any atom is 0.415 e. The number of rotatable bonds is 2. The molecule has 1 amide bonds. The van der Waals surface area contributed by atoms with Crippen LogP contribution in [0.1, 0.15) is 13.3 Å². The van der Waals surface area contributed by atoms with Gasteiger partial charge in [-0.3, -0.25) is 4.90 Å². The Labute approximate surface area is 96.4 Å². The average molecular weight is 271 g/mol. The molecule has 1 aliphatic heterocycles. The standard InChI is InChI=1S/C10H11BrN2O2/c1-2-8-6-13(10(14)15-8)9-4-3-7(11)5-12-9/h3-5,8H,2,6H2,1H3/t8-/m1/s1. The van der Waals surface area contributed by atoms with Crippen LogP contribution in [0, 0.1) is 0 Å². The highest BCUT2D eigenvalue weighted by Gasteiger charge is 2.31. The van der Waals surface area contributed by atoms with Gasteiger partial charge in [0.1, 0.15) is 11.9 Å². The Hall–Kier alpha value is -1.10. The third kappa shape index (κ3) is 2.12. The molecule has 0 radical (unpaired) electrons. The largest absolute Gasteiger partial charge is 0.444 e. The molecule has 1 aliphatic rings. The molecule has 0 bridgehead atoms. The molecule has 1 fully saturated rings. The first-order valence-electron chi connectivity index (χ1n) is 4.80. The van der Waals surface area contributed by atoms with E-state index in [-0.39, 0.29) is 12.2 Å². The molecule has 1 aromatic heterocycles. The molecule has 0 N–H and O–H groups in total. The number of carbonyl (C=O) groups is 1. The van der Waals surface area contributed by atoms with Gasteiger partial charge in [0.2, 0.25) is 0 Å². The van der Waals surface area contributed by atoms with Crippen LogP contribution in [-0.2, 0) is 4.74 Å². The number of hydrogen-bond acceptors (Lipinski definition) is 3. The number of aromatic nitrogens is 1. The van der Waals surface area contributed by atoms with Crippen LogP contribution in [0.15, 0.2) is 22.8 Å². The second kappa shape index (κ2) is 4.18. The smallest absolute Gasteiger partial charge is 0.415 e. The summed E-state index contributed by atoms with van der Waals surface area (Å²) in [6.07, 6.45) is 2.18. The highest BCUT2D eigenvalue weighted by molar-refractivity contribution is 9.10. The summed E-state index contributed by atoms with van der Waals surface area (Å²) >= 11 is 3.30. The van der Waals surface area contributed by atoms with Crippen LogP contribution in [0.2, 0.25) is 0 Å². The molecule has 5 heteroatoms. The molecule has 1 saturated heterocycles. The van der Waals surface area contributed by atoms with Gasteiger partial charge in [-0.1, -0.05) is 6.92 Å². The first-order chi connectivity index (χ1) is 7.20. The number of hydrogen-bond donors (Lipinski definition) is 0. The SMILES string of the molecule is CC[C@@H]1CN(c2ccc(Br)cn2)C(=O)O1. The molecule has 0 aliphatic carbocycles. The van der Waals surface area contributed by atoms with Crippen molar-refractivity contribution in [1.29, 1.82) is 0 Å². The van der Waals surface area contributed by atoms with E-state index in [1.165, 1.54) is 0 Å². The number of pyridine rings is 1. The van der Waals surface area contributed by atoms with E-state index in [0.717, 1.165) is 10.9 Å². The Kier molecular flexibility index (Phi) is 2.90. The molecule has 15 heavy (non-hydrogen) atoms. The van der Waals surface area contributed by atoms with Gasteiger partial charge in [-0.2, -0.15) is 0 Å². The van der Waals surface area contributed by atoms with Gasteiger partial charge < -0.3 is 4.74 Å². The van der Waals surface area contributed by atoms with Crippen molar-refractivity contribution in [2.24, 2.45) is 0 Å². The van der Waals surface area contributed by atoms with Gasteiger partial charge in [0.05, 0.1) is 6.54 Å². The molecule has 1 atom stereocenters. The fraction of sp³-hybridized carbons (Fsp3) is 0.400.